The van der Waals surface area contributed by atoms with E-state index in [9.17, 15) is 9.50 Å². The maximum Gasteiger partial charge on any atom is 0.238 e. The van der Waals surface area contributed by atoms with Crippen LogP contribution in [0.4, 0.5) is 16.2 Å². The number of fused-ring (bicyclic) bond motifs is 1. The first kappa shape index (κ1) is 20.4. The molecule has 1 aliphatic heterocycles. The zero-order valence-corrected chi connectivity index (χ0v) is 15.5. The van der Waals surface area contributed by atoms with Gasteiger partial charge in [-0.2, -0.15) is 4.98 Å². The summed E-state index contributed by atoms with van der Waals surface area (Å²) < 4.78 is 13.2. The highest BCUT2D eigenvalue weighted by Crippen LogP contribution is 2.31. The monoisotopic (exact) mass is 407 g/mol. The van der Waals surface area contributed by atoms with Crippen LogP contribution in [0.1, 0.15) is 16.8 Å². The van der Waals surface area contributed by atoms with E-state index >= 15 is 0 Å². The Hall–Kier alpha value is -2.90. The van der Waals surface area contributed by atoms with Crippen LogP contribution in [0.5, 0.6) is 5.88 Å². The van der Waals surface area contributed by atoms with Gasteiger partial charge in [-0.15, -0.1) is 24.8 Å². The second-order valence-corrected chi connectivity index (χ2v) is 5.54. The number of rotatable bonds is 4. The van der Waals surface area contributed by atoms with E-state index in [2.05, 4.69) is 25.3 Å². The number of aromatic nitrogens is 3. The van der Waals surface area contributed by atoms with E-state index in [1.165, 1.54) is 12.1 Å². The predicted molar refractivity (Wildman–Crippen MR) is 109 cm³/mol. The summed E-state index contributed by atoms with van der Waals surface area (Å²) in [4.78, 5) is 15.4. The van der Waals surface area contributed by atoms with E-state index in [4.69, 9.17) is 0 Å². The molecule has 3 aromatic rings. The molecular formula is C18H16Cl2FN5O. The predicted octanol–water partition coefficient (Wildman–Crippen LogP) is 4.36. The Kier molecular flexibility index (Phi) is 6.55. The number of aliphatic imine (C=N–C) groups is 1. The van der Waals surface area contributed by atoms with Gasteiger partial charge in [-0.25, -0.2) is 14.4 Å². The summed E-state index contributed by atoms with van der Waals surface area (Å²) in [6.07, 6.45) is 5.13. The van der Waals surface area contributed by atoms with Gasteiger partial charge in [0.25, 0.3) is 0 Å². The lowest BCUT2D eigenvalue weighted by molar-refractivity contribution is 0.455. The van der Waals surface area contributed by atoms with Crippen molar-refractivity contribution in [3.63, 3.8) is 0 Å². The van der Waals surface area contributed by atoms with Crippen LogP contribution in [-0.4, -0.2) is 26.3 Å². The highest BCUT2D eigenvalue weighted by molar-refractivity contribution is 6.20. The molecule has 0 bridgehead atoms. The number of H-pyrrole nitrogens is 1. The van der Waals surface area contributed by atoms with Crippen molar-refractivity contribution in [2.75, 3.05) is 5.32 Å². The maximum absolute atomic E-state index is 13.2. The molecule has 0 aliphatic carbocycles. The molecule has 0 fully saturated rings. The molecule has 2 aromatic heterocycles. The van der Waals surface area contributed by atoms with Gasteiger partial charge in [-0.05, 0) is 35.9 Å². The number of hydrogen-bond donors (Lipinski definition) is 3. The van der Waals surface area contributed by atoms with Crippen molar-refractivity contribution >= 4 is 54.4 Å². The quantitative estimate of drug-likeness (QED) is 0.599. The van der Waals surface area contributed by atoms with Crippen molar-refractivity contribution in [1.82, 2.24) is 15.0 Å². The van der Waals surface area contributed by atoms with Crippen molar-refractivity contribution < 1.29 is 9.50 Å². The Balaban J connectivity index is 0.00000131. The molecule has 140 valence electrons. The molecule has 0 radical (unpaired) electrons. The number of anilines is 1. The van der Waals surface area contributed by atoms with E-state index in [0.29, 0.717) is 24.0 Å². The molecule has 9 heteroatoms. The smallest absolute Gasteiger partial charge is 0.238 e. The standard InChI is InChI=1S/C18H14FN5O.2ClH/c19-13-4-1-3-11(7-13)9-22-18-23-15(17(25)24-18)8-12-10-21-16-14(12)5-2-6-20-16;;/h1-8,10,25H,9H2,(H2,22,23,24);2*1H. The van der Waals surface area contributed by atoms with Crippen molar-refractivity contribution in [3.8, 4) is 5.88 Å². The lowest BCUT2D eigenvalue weighted by atomic mass is 10.1. The fraction of sp³-hybridized carbons (Fsp3) is 0.0556. The average Bonchev–Trinajstić information content (AvgIpc) is 3.18. The van der Waals surface area contributed by atoms with Crippen LogP contribution in [0.3, 0.4) is 0 Å². The third-order valence-corrected chi connectivity index (χ3v) is 3.78. The minimum atomic E-state index is -0.292. The van der Waals surface area contributed by atoms with Crippen molar-refractivity contribution in [2.24, 2.45) is 4.99 Å². The topological polar surface area (TPSA) is 86.2 Å². The van der Waals surface area contributed by atoms with Crippen LogP contribution >= 0.6 is 24.8 Å². The third kappa shape index (κ3) is 4.45. The average molecular weight is 408 g/mol. The number of halogens is 3. The molecule has 27 heavy (non-hydrogen) atoms. The molecule has 0 spiro atoms. The van der Waals surface area contributed by atoms with Gasteiger partial charge in [-0.1, -0.05) is 12.1 Å². The van der Waals surface area contributed by atoms with Crippen molar-refractivity contribution in [3.05, 3.63) is 65.2 Å². The molecule has 0 saturated heterocycles. The van der Waals surface area contributed by atoms with Crippen LogP contribution in [-0.2, 0) is 6.54 Å². The van der Waals surface area contributed by atoms with Gasteiger partial charge >= 0.3 is 0 Å². The Morgan fingerprint density at radius 3 is 2.85 bits per heavy atom. The molecule has 0 amide bonds. The zero-order valence-electron chi connectivity index (χ0n) is 13.9. The number of pyridine rings is 1. The molecule has 3 heterocycles. The number of nitrogens with one attached hydrogen (secondary N) is 2. The number of imidazole rings is 1. The van der Waals surface area contributed by atoms with E-state index in [1.807, 2.05) is 12.1 Å². The summed E-state index contributed by atoms with van der Waals surface area (Å²) in [6.45, 7) is 0.384. The fourth-order valence-electron chi connectivity index (χ4n) is 2.59. The number of benzene rings is 1. The van der Waals surface area contributed by atoms with Crippen LogP contribution in [0.25, 0.3) is 11.6 Å². The van der Waals surface area contributed by atoms with Crippen LogP contribution < -0.4 is 5.32 Å². The van der Waals surface area contributed by atoms with Gasteiger partial charge in [-0.3, -0.25) is 0 Å². The highest BCUT2D eigenvalue weighted by Gasteiger charge is 2.14. The van der Waals surface area contributed by atoms with Crippen LogP contribution in [0.2, 0.25) is 0 Å². The normalized spacial score (nSPS) is 13.0. The summed E-state index contributed by atoms with van der Waals surface area (Å²) in [5.74, 6) is 0.631. The summed E-state index contributed by atoms with van der Waals surface area (Å²) in [6, 6.07) is 10.0. The Labute approximate surface area is 167 Å². The Morgan fingerprint density at radius 2 is 2.04 bits per heavy atom. The second kappa shape index (κ2) is 8.66. The van der Waals surface area contributed by atoms with Gasteiger partial charge in [0, 0.05) is 30.1 Å². The van der Waals surface area contributed by atoms with Gasteiger partial charge in [0.1, 0.15) is 11.5 Å². The van der Waals surface area contributed by atoms with Gasteiger partial charge in [0.15, 0.2) is 5.82 Å². The number of allylic oxidation sites excluding steroid dienone is 1. The number of aromatic hydroxyl groups is 1. The lowest BCUT2D eigenvalue weighted by Gasteiger charge is -2.02. The van der Waals surface area contributed by atoms with E-state index in [1.54, 1.807) is 30.6 Å². The van der Waals surface area contributed by atoms with Gasteiger partial charge in [0.05, 0.1) is 0 Å². The molecule has 3 N–H and O–H groups in total. The zero-order chi connectivity index (χ0) is 17.2. The van der Waals surface area contributed by atoms with Gasteiger partial charge in [0.2, 0.25) is 11.8 Å². The minimum absolute atomic E-state index is 0. The molecule has 6 nitrogen and oxygen atoms in total. The Bertz CT molecular complexity index is 1000. The first-order chi connectivity index (χ1) is 12.2. The van der Waals surface area contributed by atoms with E-state index < -0.39 is 0 Å². The molecule has 4 rings (SSSR count). The summed E-state index contributed by atoms with van der Waals surface area (Å²) in [7, 11) is 0. The minimum Gasteiger partial charge on any atom is -0.492 e. The number of hydrogen-bond acceptors (Lipinski definition) is 5. The highest BCUT2D eigenvalue weighted by atomic mass is 35.5. The molecule has 1 aliphatic rings. The molecule has 0 saturated carbocycles. The summed E-state index contributed by atoms with van der Waals surface area (Å²) in [5.41, 5.74) is 2.96. The van der Waals surface area contributed by atoms with E-state index in [-0.39, 0.29) is 36.5 Å². The van der Waals surface area contributed by atoms with Crippen molar-refractivity contribution in [1.29, 1.82) is 0 Å². The second-order valence-electron chi connectivity index (χ2n) is 5.54. The fourth-order valence-corrected chi connectivity index (χ4v) is 2.59. The lowest BCUT2D eigenvalue weighted by Crippen LogP contribution is -2.01. The molecule has 1 aromatic carbocycles. The Morgan fingerprint density at radius 1 is 1.19 bits per heavy atom. The maximum atomic E-state index is 13.2. The van der Waals surface area contributed by atoms with Crippen molar-refractivity contribution in [2.45, 2.75) is 6.54 Å². The number of aromatic amines is 1. The SMILES string of the molecule is Cl.Cl.Oc1nc(NCc2cccc(F)c2)[nH]c1C=C1C=Nc2ncccc21. The van der Waals surface area contributed by atoms with Crippen LogP contribution in [0, 0.1) is 5.82 Å². The summed E-state index contributed by atoms with van der Waals surface area (Å²) in [5, 5.41) is 13.1. The first-order valence-corrected chi connectivity index (χ1v) is 7.67. The third-order valence-electron chi connectivity index (χ3n) is 3.78. The molecule has 0 atom stereocenters. The molecule has 0 unspecified atom stereocenters. The first-order valence-electron chi connectivity index (χ1n) is 7.67. The number of nitrogens with zero attached hydrogens (tertiary/aromatic N) is 3. The van der Waals surface area contributed by atoms with Crippen LogP contribution in [0.15, 0.2) is 47.6 Å². The largest absolute Gasteiger partial charge is 0.492 e. The van der Waals surface area contributed by atoms with E-state index in [0.717, 1.165) is 16.7 Å². The summed E-state index contributed by atoms with van der Waals surface area (Å²) >= 11 is 0. The van der Waals surface area contributed by atoms with Gasteiger partial charge < -0.3 is 15.4 Å². The molecular weight excluding hydrogens is 392 g/mol.